The molecular formula is C18H23NO2. The molecule has 0 fully saturated rings. The summed E-state index contributed by atoms with van der Waals surface area (Å²) in [6, 6.07) is 13.9. The number of phenols is 1. The third-order valence-electron chi connectivity index (χ3n) is 3.54. The van der Waals surface area contributed by atoms with Gasteiger partial charge in [-0.1, -0.05) is 24.3 Å². The van der Waals surface area contributed by atoms with E-state index < -0.39 is 0 Å². The van der Waals surface area contributed by atoms with Crippen molar-refractivity contribution in [1.82, 2.24) is 0 Å². The van der Waals surface area contributed by atoms with Crippen LogP contribution in [0, 0.1) is 6.92 Å². The molecule has 0 aliphatic carbocycles. The summed E-state index contributed by atoms with van der Waals surface area (Å²) in [6.45, 7) is 8.46. The van der Waals surface area contributed by atoms with Gasteiger partial charge in [0, 0.05) is 18.8 Å². The first kappa shape index (κ1) is 15.2. The maximum absolute atomic E-state index is 9.78. The Morgan fingerprint density at radius 1 is 1.10 bits per heavy atom. The summed E-state index contributed by atoms with van der Waals surface area (Å²) in [4.78, 5) is 2.32. The van der Waals surface area contributed by atoms with Crippen LogP contribution in [0.5, 0.6) is 11.5 Å². The van der Waals surface area contributed by atoms with E-state index in [1.54, 1.807) is 6.07 Å². The summed E-state index contributed by atoms with van der Waals surface area (Å²) in [7, 11) is 0. The minimum absolute atomic E-state index is 0.194. The van der Waals surface area contributed by atoms with Crippen molar-refractivity contribution in [3.8, 4) is 11.5 Å². The minimum Gasteiger partial charge on any atom is -0.504 e. The van der Waals surface area contributed by atoms with E-state index in [1.807, 2.05) is 19.1 Å². The van der Waals surface area contributed by atoms with Crippen molar-refractivity contribution >= 4 is 5.69 Å². The molecule has 1 N–H and O–H groups in total. The van der Waals surface area contributed by atoms with E-state index in [1.165, 1.54) is 11.3 Å². The Kier molecular flexibility index (Phi) is 5.09. The molecule has 3 heteroatoms. The van der Waals surface area contributed by atoms with Crippen molar-refractivity contribution < 1.29 is 9.84 Å². The number of phenolic OH excluding ortho intramolecular Hbond substituents is 1. The summed E-state index contributed by atoms with van der Waals surface area (Å²) in [5, 5.41) is 9.78. The molecule has 0 bridgehead atoms. The van der Waals surface area contributed by atoms with E-state index >= 15 is 0 Å². The second-order valence-electron chi connectivity index (χ2n) is 5.04. The number of hydrogen-bond acceptors (Lipinski definition) is 3. The van der Waals surface area contributed by atoms with Gasteiger partial charge in [-0.2, -0.15) is 0 Å². The highest BCUT2D eigenvalue weighted by Crippen LogP contribution is 2.28. The van der Waals surface area contributed by atoms with Crippen LogP contribution in [0.2, 0.25) is 0 Å². The molecule has 0 aliphatic heterocycles. The van der Waals surface area contributed by atoms with Crippen LogP contribution in [0.1, 0.15) is 25.0 Å². The van der Waals surface area contributed by atoms with E-state index in [0.717, 1.165) is 18.7 Å². The highest BCUT2D eigenvalue weighted by Gasteiger charge is 2.10. The van der Waals surface area contributed by atoms with Gasteiger partial charge in [-0.15, -0.1) is 0 Å². The molecule has 0 aromatic heterocycles. The third kappa shape index (κ3) is 3.69. The molecule has 0 aliphatic rings. The minimum atomic E-state index is 0.194. The zero-order valence-corrected chi connectivity index (χ0v) is 13.0. The number of aryl methyl sites for hydroxylation is 1. The normalized spacial score (nSPS) is 10.4. The molecular weight excluding hydrogens is 262 g/mol. The number of ether oxygens (including phenoxy) is 1. The average Bonchev–Trinajstić information content (AvgIpc) is 2.49. The number of rotatable bonds is 6. The van der Waals surface area contributed by atoms with Crippen LogP contribution >= 0.6 is 0 Å². The number of nitrogens with zero attached hydrogens (tertiary/aromatic N) is 1. The number of anilines is 1. The van der Waals surface area contributed by atoms with Gasteiger partial charge >= 0.3 is 0 Å². The molecule has 0 radical (unpaired) electrons. The first-order chi connectivity index (χ1) is 10.2. The molecule has 0 saturated heterocycles. The van der Waals surface area contributed by atoms with Gasteiger partial charge in [-0.05, 0) is 50.1 Å². The Bertz CT molecular complexity index is 596. The molecule has 0 heterocycles. The molecule has 3 nitrogen and oxygen atoms in total. The van der Waals surface area contributed by atoms with Crippen LogP contribution < -0.4 is 9.64 Å². The van der Waals surface area contributed by atoms with Gasteiger partial charge in [0.05, 0.1) is 6.61 Å². The number of hydrogen-bond donors (Lipinski definition) is 1. The average molecular weight is 285 g/mol. The zero-order valence-electron chi connectivity index (χ0n) is 13.0. The first-order valence-electron chi connectivity index (χ1n) is 7.41. The number of para-hydroxylation sites is 1. The molecule has 21 heavy (non-hydrogen) atoms. The molecule has 2 aromatic rings. The Balaban J connectivity index is 2.23. The summed E-state index contributed by atoms with van der Waals surface area (Å²) < 4.78 is 5.45. The highest BCUT2D eigenvalue weighted by molar-refractivity contribution is 5.53. The predicted octanol–water partition coefficient (Wildman–Crippen LogP) is 4.13. The van der Waals surface area contributed by atoms with Crippen LogP contribution in [0.15, 0.2) is 42.5 Å². The summed E-state index contributed by atoms with van der Waals surface area (Å²) in [5.41, 5.74) is 3.63. The Labute approximate surface area is 126 Å². The van der Waals surface area contributed by atoms with E-state index in [2.05, 4.69) is 43.0 Å². The van der Waals surface area contributed by atoms with E-state index in [0.29, 0.717) is 12.4 Å². The van der Waals surface area contributed by atoms with Crippen LogP contribution in [-0.4, -0.2) is 18.3 Å². The van der Waals surface area contributed by atoms with Crippen LogP contribution in [-0.2, 0) is 6.54 Å². The van der Waals surface area contributed by atoms with E-state index in [-0.39, 0.29) is 5.75 Å². The highest BCUT2D eigenvalue weighted by atomic mass is 16.5. The fraction of sp³-hybridized carbons (Fsp3) is 0.333. The van der Waals surface area contributed by atoms with Crippen LogP contribution in [0.4, 0.5) is 5.69 Å². The summed E-state index contributed by atoms with van der Waals surface area (Å²) in [6.07, 6.45) is 0. The maximum atomic E-state index is 9.78. The monoisotopic (exact) mass is 285 g/mol. The van der Waals surface area contributed by atoms with Gasteiger partial charge in [0.2, 0.25) is 0 Å². The lowest BCUT2D eigenvalue weighted by atomic mass is 10.1. The lowest BCUT2D eigenvalue weighted by Gasteiger charge is -2.25. The van der Waals surface area contributed by atoms with Crippen molar-refractivity contribution in [2.24, 2.45) is 0 Å². The van der Waals surface area contributed by atoms with Crippen molar-refractivity contribution in [3.05, 3.63) is 53.6 Å². The number of aromatic hydroxyl groups is 1. The largest absolute Gasteiger partial charge is 0.504 e. The van der Waals surface area contributed by atoms with Crippen molar-refractivity contribution in [2.45, 2.75) is 27.3 Å². The Morgan fingerprint density at radius 3 is 2.52 bits per heavy atom. The fourth-order valence-corrected chi connectivity index (χ4v) is 2.43. The number of benzene rings is 2. The summed E-state index contributed by atoms with van der Waals surface area (Å²) in [5.74, 6) is 0.746. The summed E-state index contributed by atoms with van der Waals surface area (Å²) >= 11 is 0. The predicted molar refractivity (Wildman–Crippen MR) is 87.2 cm³/mol. The van der Waals surface area contributed by atoms with Gasteiger partial charge in [0.1, 0.15) is 0 Å². The Hall–Kier alpha value is -2.16. The molecule has 0 atom stereocenters. The molecule has 2 rings (SSSR count). The molecule has 112 valence electrons. The zero-order chi connectivity index (χ0) is 15.2. The maximum Gasteiger partial charge on any atom is 0.161 e. The van der Waals surface area contributed by atoms with Gasteiger partial charge in [-0.25, -0.2) is 0 Å². The van der Waals surface area contributed by atoms with Crippen molar-refractivity contribution in [1.29, 1.82) is 0 Å². The quantitative estimate of drug-likeness (QED) is 0.866. The molecule has 0 amide bonds. The second-order valence-corrected chi connectivity index (χ2v) is 5.04. The van der Waals surface area contributed by atoms with Gasteiger partial charge < -0.3 is 14.7 Å². The molecule has 0 saturated carbocycles. The van der Waals surface area contributed by atoms with E-state index in [4.69, 9.17) is 4.74 Å². The van der Waals surface area contributed by atoms with Crippen molar-refractivity contribution in [2.75, 3.05) is 18.1 Å². The first-order valence-corrected chi connectivity index (χ1v) is 7.41. The lowest BCUT2D eigenvalue weighted by Crippen LogP contribution is -2.22. The second kappa shape index (κ2) is 7.02. The molecule has 0 spiro atoms. The third-order valence-corrected chi connectivity index (χ3v) is 3.54. The van der Waals surface area contributed by atoms with Crippen molar-refractivity contribution in [3.63, 3.8) is 0 Å². The van der Waals surface area contributed by atoms with Gasteiger partial charge in [0.25, 0.3) is 0 Å². The standard InChI is InChI=1S/C18H23NO2/c1-4-19(16-9-7-6-8-14(16)3)13-15-10-11-17(20)18(12-15)21-5-2/h6-12,20H,4-5,13H2,1-3H3. The van der Waals surface area contributed by atoms with E-state index in [9.17, 15) is 5.11 Å². The Morgan fingerprint density at radius 2 is 1.86 bits per heavy atom. The molecule has 2 aromatic carbocycles. The van der Waals surface area contributed by atoms with Crippen LogP contribution in [0.25, 0.3) is 0 Å². The van der Waals surface area contributed by atoms with Crippen LogP contribution in [0.3, 0.4) is 0 Å². The topological polar surface area (TPSA) is 32.7 Å². The SMILES string of the molecule is CCOc1cc(CN(CC)c2ccccc2C)ccc1O. The fourth-order valence-electron chi connectivity index (χ4n) is 2.43. The molecule has 0 unspecified atom stereocenters. The van der Waals surface area contributed by atoms with Gasteiger partial charge in [-0.3, -0.25) is 0 Å². The lowest BCUT2D eigenvalue weighted by molar-refractivity contribution is 0.317. The van der Waals surface area contributed by atoms with Gasteiger partial charge in [0.15, 0.2) is 11.5 Å². The smallest absolute Gasteiger partial charge is 0.161 e.